The van der Waals surface area contributed by atoms with E-state index in [-0.39, 0.29) is 29.0 Å². The van der Waals surface area contributed by atoms with E-state index in [4.69, 9.17) is 11.6 Å². The molecule has 2 aromatic rings. The van der Waals surface area contributed by atoms with E-state index < -0.39 is 65.6 Å². The molecule has 1 amide bonds. The highest BCUT2D eigenvalue weighted by Gasteiger charge is 2.52. The number of hydrogen-bond acceptors (Lipinski definition) is 2. The van der Waals surface area contributed by atoms with E-state index in [1.807, 2.05) is 0 Å². The smallest absolute Gasteiger partial charge is 0.346 e. The van der Waals surface area contributed by atoms with Crippen molar-refractivity contribution in [2.24, 2.45) is 5.41 Å². The largest absolute Gasteiger partial charge is 0.417 e. The summed E-state index contributed by atoms with van der Waals surface area (Å²) in [5, 5.41) is 1.94. The maximum atomic E-state index is 13.9. The molecule has 1 unspecified atom stereocenters. The fraction of sp³-hybridized carbons (Fsp3) is 0.407. The third-order valence-electron chi connectivity index (χ3n) is 6.58. The summed E-state index contributed by atoms with van der Waals surface area (Å²) in [6, 6.07) is 4.79. The van der Waals surface area contributed by atoms with Gasteiger partial charge in [-0.25, -0.2) is 0 Å². The fourth-order valence-corrected chi connectivity index (χ4v) is 4.43. The summed E-state index contributed by atoms with van der Waals surface area (Å²) < 4.78 is 120. The first-order valence-corrected chi connectivity index (χ1v) is 12.2. The predicted octanol–water partition coefficient (Wildman–Crippen LogP) is 8.37. The molecule has 3 rings (SSSR count). The first-order valence-electron chi connectivity index (χ1n) is 11.8. The van der Waals surface area contributed by atoms with Gasteiger partial charge >= 0.3 is 18.5 Å². The number of nitrogens with one attached hydrogen (secondary N) is 1. The van der Waals surface area contributed by atoms with Crippen molar-refractivity contribution in [3.05, 3.63) is 74.8 Å². The number of rotatable bonds is 8. The molecular formula is C27H23ClF9NO2. The molecule has 0 radical (unpaired) electrons. The molecule has 1 atom stereocenters. The van der Waals surface area contributed by atoms with E-state index in [0.717, 1.165) is 18.2 Å². The van der Waals surface area contributed by atoms with Gasteiger partial charge in [0.05, 0.1) is 16.9 Å². The first kappa shape index (κ1) is 31.5. The van der Waals surface area contributed by atoms with Gasteiger partial charge in [0, 0.05) is 17.0 Å². The number of Topliss-reactive ketones (excluding diaryl/α,β-unsaturated/α-hetero) is 1. The molecule has 0 heterocycles. The topological polar surface area (TPSA) is 46.2 Å². The molecule has 1 fully saturated rings. The van der Waals surface area contributed by atoms with Gasteiger partial charge in [0.1, 0.15) is 6.54 Å². The molecule has 0 aliphatic heterocycles. The van der Waals surface area contributed by atoms with Gasteiger partial charge in [-0.1, -0.05) is 48.0 Å². The predicted molar refractivity (Wildman–Crippen MR) is 130 cm³/mol. The van der Waals surface area contributed by atoms with Gasteiger partial charge in [0.15, 0.2) is 5.78 Å². The lowest BCUT2D eigenvalue weighted by Gasteiger charge is -2.19. The number of amides is 1. The Balaban J connectivity index is 1.90. The van der Waals surface area contributed by atoms with Crippen molar-refractivity contribution < 1.29 is 49.1 Å². The van der Waals surface area contributed by atoms with Crippen molar-refractivity contribution in [3.63, 3.8) is 0 Å². The zero-order chi connectivity index (χ0) is 30.3. The van der Waals surface area contributed by atoms with Gasteiger partial charge in [-0.15, -0.1) is 0 Å². The summed E-state index contributed by atoms with van der Waals surface area (Å²) in [5.41, 5.74) is -3.47. The number of ketones is 1. The van der Waals surface area contributed by atoms with E-state index in [1.165, 1.54) is 26.0 Å². The summed E-state index contributed by atoms with van der Waals surface area (Å²) in [4.78, 5) is 25.0. The average Bonchev–Trinajstić information content (AvgIpc) is 3.59. The number of benzene rings is 2. The van der Waals surface area contributed by atoms with Gasteiger partial charge in [-0.2, -0.15) is 39.5 Å². The van der Waals surface area contributed by atoms with Crippen LogP contribution in [0.4, 0.5) is 39.5 Å². The lowest BCUT2D eigenvalue weighted by Crippen LogP contribution is -2.39. The third kappa shape index (κ3) is 7.58. The molecular weight excluding hydrogens is 577 g/mol. The van der Waals surface area contributed by atoms with E-state index in [2.05, 4.69) is 0 Å². The summed E-state index contributed by atoms with van der Waals surface area (Å²) in [7, 11) is 0. The zero-order valence-electron chi connectivity index (χ0n) is 21.0. The minimum Gasteiger partial charge on any atom is -0.346 e. The molecule has 13 heteroatoms. The summed E-state index contributed by atoms with van der Waals surface area (Å²) >= 11 is 6.04. The Kier molecular flexibility index (Phi) is 8.74. The highest BCUT2D eigenvalue weighted by molar-refractivity contribution is 6.32. The Hall–Kier alpha value is -3.02. The van der Waals surface area contributed by atoms with Crippen molar-refractivity contribution >= 4 is 29.4 Å². The second kappa shape index (κ2) is 11.1. The summed E-state index contributed by atoms with van der Waals surface area (Å²) in [6.07, 6.45) is -13.7. The Bertz CT molecular complexity index is 1300. The number of aryl methyl sites for hydroxylation is 2. The van der Waals surface area contributed by atoms with Crippen LogP contribution in [0, 0.1) is 19.3 Å². The molecule has 3 nitrogen and oxygen atoms in total. The van der Waals surface area contributed by atoms with Crippen LogP contribution in [0.2, 0.25) is 5.02 Å². The Morgan fingerprint density at radius 2 is 1.55 bits per heavy atom. The van der Waals surface area contributed by atoms with Crippen molar-refractivity contribution in [3.8, 4) is 0 Å². The maximum Gasteiger partial charge on any atom is 0.417 e. The van der Waals surface area contributed by atoms with Crippen molar-refractivity contribution in [1.82, 2.24) is 5.32 Å². The molecule has 0 saturated heterocycles. The number of hydrogen-bond donors (Lipinski definition) is 1. The molecule has 1 aliphatic carbocycles. The van der Waals surface area contributed by atoms with Crippen LogP contribution in [0.5, 0.6) is 0 Å². The van der Waals surface area contributed by atoms with Crippen LogP contribution in [0.15, 0.2) is 36.4 Å². The summed E-state index contributed by atoms with van der Waals surface area (Å²) in [6.45, 7) is 1.39. The number of carbonyl (C=O) groups is 2. The second-order valence-corrected chi connectivity index (χ2v) is 10.2. The van der Waals surface area contributed by atoms with Crippen LogP contribution in [-0.4, -0.2) is 30.6 Å². The van der Waals surface area contributed by atoms with Gasteiger partial charge in [0.25, 0.3) is 0 Å². The molecule has 1 aliphatic rings. The van der Waals surface area contributed by atoms with Gasteiger partial charge in [-0.05, 0) is 55.0 Å². The molecule has 218 valence electrons. The second-order valence-electron chi connectivity index (χ2n) is 9.83. The van der Waals surface area contributed by atoms with Crippen LogP contribution in [0.1, 0.15) is 63.4 Å². The van der Waals surface area contributed by atoms with Gasteiger partial charge in [0.2, 0.25) is 5.91 Å². The zero-order valence-corrected chi connectivity index (χ0v) is 21.8. The van der Waals surface area contributed by atoms with Gasteiger partial charge in [-0.3, -0.25) is 9.59 Å². The molecule has 1 N–H and O–H groups in total. The quantitative estimate of drug-likeness (QED) is 0.245. The van der Waals surface area contributed by atoms with Crippen LogP contribution >= 0.6 is 11.6 Å². The Labute approximate surface area is 228 Å². The van der Waals surface area contributed by atoms with Crippen molar-refractivity contribution in [2.75, 3.05) is 6.54 Å². The Morgan fingerprint density at radius 1 is 0.975 bits per heavy atom. The monoisotopic (exact) mass is 599 g/mol. The molecule has 40 heavy (non-hydrogen) atoms. The number of halogens is 10. The molecule has 0 bridgehead atoms. The normalized spacial score (nSPS) is 16.2. The van der Waals surface area contributed by atoms with Crippen molar-refractivity contribution in [1.29, 1.82) is 0 Å². The van der Waals surface area contributed by atoms with Crippen LogP contribution < -0.4 is 5.32 Å². The van der Waals surface area contributed by atoms with Crippen LogP contribution in [0.25, 0.3) is 6.08 Å². The van der Waals surface area contributed by atoms with E-state index in [0.29, 0.717) is 23.3 Å². The number of carbonyl (C=O) groups excluding carboxylic acids is 2. The molecule has 0 spiro atoms. The SMILES string of the molecule is Cc1cc(C(/C=C/c2ccc(C(=O)CC3(C(=O)NCC(F)(F)F)CC3)c(C(F)(F)F)c2)C(F)(F)F)cc(C)c1Cl. The highest BCUT2D eigenvalue weighted by Crippen LogP contribution is 2.50. The minimum absolute atomic E-state index is 0.0209. The summed E-state index contributed by atoms with van der Waals surface area (Å²) in [5.74, 6) is -4.37. The standard InChI is InChI=1S/C27H23ClF9NO2/c1-14-9-17(10-15(2)22(14)28)19(26(32,33)34)6-4-16-3-5-18(20(11-16)27(35,36)37)21(39)12-24(7-8-24)23(40)38-13-25(29,30)31/h3-6,9-11,19H,7-8,12-13H2,1-2H3,(H,38,40)/b6-4+. The van der Waals surface area contributed by atoms with Crippen molar-refractivity contribution in [2.45, 2.75) is 57.6 Å². The number of allylic oxidation sites excluding steroid dienone is 1. The fourth-order valence-electron chi connectivity index (χ4n) is 4.32. The minimum atomic E-state index is -5.09. The average molecular weight is 600 g/mol. The van der Waals surface area contributed by atoms with E-state index >= 15 is 0 Å². The van der Waals surface area contributed by atoms with Crippen LogP contribution in [-0.2, 0) is 11.0 Å². The molecule has 1 saturated carbocycles. The molecule has 0 aromatic heterocycles. The van der Waals surface area contributed by atoms with Gasteiger partial charge < -0.3 is 5.32 Å². The van der Waals surface area contributed by atoms with E-state index in [9.17, 15) is 49.1 Å². The van der Waals surface area contributed by atoms with E-state index in [1.54, 1.807) is 5.32 Å². The highest BCUT2D eigenvalue weighted by atomic mass is 35.5. The first-order chi connectivity index (χ1) is 18.2. The Morgan fingerprint density at radius 3 is 2.02 bits per heavy atom. The van der Waals surface area contributed by atoms with Crippen LogP contribution in [0.3, 0.4) is 0 Å². The lowest BCUT2D eigenvalue weighted by molar-refractivity contribution is -0.141. The third-order valence-corrected chi connectivity index (χ3v) is 7.18. The molecule has 2 aromatic carbocycles. The maximum absolute atomic E-state index is 13.9. The number of alkyl halides is 9. The lowest BCUT2D eigenvalue weighted by atomic mass is 9.90.